The maximum atomic E-state index is 12.6. The van der Waals surface area contributed by atoms with Crippen LogP contribution in [0.1, 0.15) is 21.5 Å². The predicted molar refractivity (Wildman–Crippen MR) is 142 cm³/mol. The number of para-hydroxylation sites is 1. The van der Waals surface area contributed by atoms with E-state index in [1.165, 1.54) is 39.0 Å². The lowest BCUT2D eigenvalue weighted by Gasteiger charge is -2.14. The van der Waals surface area contributed by atoms with Crippen LogP contribution in [0.3, 0.4) is 0 Å². The van der Waals surface area contributed by atoms with E-state index < -0.39 is 11.8 Å². The molecule has 0 saturated carbocycles. The lowest BCUT2D eigenvalue weighted by molar-refractivity contribution is -0.120. The van der Waals surface area contributed by atoms with E-state index in [0.717, 1.165) is 16.5 Å². The first-order valence-electron chi connectivity index (χ1n) is 11.6. The number of fused-ring (bicyclic) bond motifs is 1. The molecule has 3 aromatic carbocycles. The second-order valence-corrected chi connectivity index (χ2v) is 8.10. The Bertz CT molecular complexity index is 1400. The molecular weight excluding hydrogens is 472 g/mol. The summed E-state index contributed by atoms with van der Waals surface area (Å²) in [6.45, 7) is 0.455. The van der Waals surface area contributed by atoms with Gasteiger partial charge in [-0.1, -0.05) is 48.5 Å². The van der Waals surface area contributed by atoms with E-state index in [2.05, 4.69) is 32.5 Å². The van der Waals surface area contributed by atoms with E-state index >= 15 is 0 Å². The minimum atomic E-state index is -0.470. The number of aromatic nitrogens is 1. The zero-order chi connectivity index (χ0) is 26.2. The van der Waals surface area contributed by atoms with Gasteiger partial charge >= 0.3 is 0 Å². The Morgan fingerprint density at radius 2 is 1.59 bits per heavy atom. The number of rotatable bonds is 10. The topological polar surface area (TPSA) is 103 Å². The number of hydrogen-bond donors (Lipinski definition) is 2. The number of carbonyl (C=O) groups is 2. The quantitative estimate of drug-likeness (QED) is 0.256. The monoisotopic (exact) mass is 500 g/mol. The third-order valence-corrected chi connectivity index (χ3v) is 5.74. The molecule has 2 amide bonds. The highest BCUT2D eigenvalue weighted by molar-refractivity contribution is 6.00. The molecule has 0 atom stereocenters. The summed E-state index contributed by atoms with van der Waals surface area (Å²) in [5, 5.41) is 7.68. The highest BCUT2D eigenvalue weighted by atomic mass is 16.5. The zero-order valence-corrected chi connectivity index (χ0v) is 20.9. The summed E-state index contributed by atoms with van der Waals surface area (Å²) in [4.78, 5) is 24.9. The molecule has 0 unspecified atom stereocenters. The first kappa shape index (κ1) is 25.3. The summed E-state index contributed by atoms with van der Waals surface area (Å²) in [6.07, 6.45) is 3.60. The van der Waals surface area contributed by atoms with Crippen LogP contribution in [-0.4, -0.2) is 50.5 Å². The fourth-order valence-electron chi connectivity index (χ4n) is 3.98. The standard InChI is InChI=1S/C28H28N4O5/c1-35-24-13-20(14-25(36-2)27(24)37-3)28(34)29-16-26(33)31-30-15-21-18-32(17-19-9-5-4-6-10-19)23-12-8-7-11-22(21)23/h4-15,18H,16-17H2,1-3H3,(H,29,34)(H,31,33)/b30-15+. The number of carbonyl (C=O) groups excluding carboxylic acids is 2. The van der Waals surface area contributed by atoms with Gasteiger partial charge in [-0.2, -0.15) is 5.10 Å². The van der Waals surface area contributed by atoms with Gasteiger partial charge in [-0.05, 0) is 23.8 Å². The third-order valence-electron chi connectivity index (χ3n) is 5.74. The molecule has 0 aliphatic rings. The van der Waals surface area contributed by atoms with E-state index in [-0.39, 0.29) is 12.1 Å². The Hall–Kier alpha value is -4.79. The highest BCUT2D eigenvalue weighted by Crippen LogP contribution is 2.38. The molecule has 0 bridgehead atoms. The molecular formula is C28H28N4O5. The minimum Gasteiger partial charge on any atom is -0.493 e. The Morgan fingerprint density at radius 3 is 2.27 bits per heavy atom. The van der Waals surface area contributed by atoms with E-state index in [9.17, 15) is 9.59 Å². The SMILES string of the molecule is COc1cc(C(=O)NCC(=O)N/N=C/c2cn(Cc3ccccc3)c3ccccc23)cc(OC)c1OC. The van der Waals surface area contributed by atoms with E-state index in [0.29, 0.717) is 23.8 Å². The Morgan fingerprint density at radius 1 is 0.919 bits per heavy atom. The summed E-state index contributed by atoms with van der Waals surface area (Å²) in [6, 6.07) is 21.2. The van der Waals surface area contributed by atoms with Crippen molar-refractivity contribution in [3.63, 3.8) is 0 Å². The van der Waals surface area contributed by atoms with Crippen LogP contribution in [-0.2, 0) is 11.3 Å². The molecule has 0 fully saturated rings. The second-order valence-electron chi connectivity index (χ2n) is 8.10. The van der Waals surface area contributed by atoms with Gasteiger partial charge in [0.1, 0.15) is 0 Å². The molecule has 0 spiro atoms. The largest absolute Gasteiger partial charge is 0.493 e. The number of hydrazone groups is 1. The van der Waals surface area contributed by atoms with Gasteiger partial charge in [0.15, 0.2) is 11.5 Å². The van der Waals surface area contributed by atoms with Gasteiger partial charge in [-0.15, -0.1) is 0 Å². The van der Waals surface area contributed by atoms with Gasteiger partial charge in [0.2, 0.25) is 5.75 Å². The summed E-state index contributed by atoms with van der Waals surface area (Å²) >= 11 is 0. The van der Waals surface area contributed by atoms with Crippen molar-refractivity contribution in [1.29, 1.82) is 0 Å². The van der Waals surface area contributed by atoms with Crippen molar-refractivity contribution >= 4 is 28.9 Å². The third kappa shape index (κ3) is 5.90. The summed E-state index contributed by atoms with van der Waals surface area (Å²) in [7, 11) is 4.40. The number of nitrogens with zero attached hydrogens (tertiary/aromatic N) is 2. The first-order valence-corrected chi connectivity index (χ1v) is 11.6. The van der Waals surface area contributed by atoms with Crippen LogP contribution >= 0.6 is 0 Å². The molecule has 37 heavy (non-hydrogen) atoms. The molecule has 9 heteroatoms. The lowest BCUT2D eigenvalue weighted by Crippen LogP contribution is -2.34. The fraction of sp³-hybridized carbons (Fsp3) is 0.179. The number of ether oxygens (including phenoxy) is 3. The number of methoxy groups -OCH3 is 3. The minimum absolute atomic E-state index is 0.261. The number of benzene rings is 3. The van der Waals surface area contributed by atoms with Crippen molar-refractivity contribution in [2.75, 3.05) is 27.9 Å². The normalized spacial score (nSPS) is 10.9. The van der Waals surface area contributed by atoms with Crippen molar-refractivity contribution in [3.05, 3.63) is 89.6 Å². The summed E-state index contributed by atoms with van der Waals surface area (Å²) in [5.41, 5.74) is 5.84. The van der Waals surface area contributed by atoms with Crippen LogP contribution in [0.25, 0.3) is 10.9 Å². The van der Waals surface area contributed by atoms with Crippen LogP contribution in [0.2, 0.25) is 0 Å². The Labute approximate surface area is 214 Å². The van der Waals surface area contributed by atoms with Gasteiger partial charge in [-0.3, -0.25) is 9.59 Å². The highest BCUT2D eigenvalue weighted by Gasteiger charge is 2.17. The van der Waals surface area contributed by atoms with Crippen molar-refractivity contribution in [2.45, 2.75) is 6.54 Å². The number of hydrogen-bond acceptors (Lipinski definition) is 6. The van der Waals surface area contributed by atoms with Gasteiger partial charge < -0.3 is 24.1 Å². The van der Waals surface area contributed by atoms with Crippen molar-refractivity contribution in [3.8, 4) is 17.2 Å². The average Bonchev–Trinajstić information content (AvgIpc) is 3.28. The van der Waals surface area contributed by atoms with E-state index in [1.807, 2.05) is 48.7 Å². The van der Waals surface area contributed by atoms with Crippen molar-refractivity contribution < 1.29 is 23.8 Å². The van der Waals surface area contributed by atoms with Crippen LogP contribution in [0.4, 0.5) is 0 Å². The Balaban J connectivity index is 1.39. The van der Waals surface area contributed by atoms with Gasteiger partial charge in [0, 0.05) is 34.8 Å². The van der Waals surface area contributed by atoms with Crippen LogP contribution in [0.5, 0.6) is 17.2 Å². The van der Waals surface area contributed by atoms with Gasteiger partial charge in [-0.25, -0.2) is 5.43 Å². The molecule has 1 aromatic heterocycles. The molecule has 4 rings (SSSR count). The summed E-state index contributed by atoms with van der Waals surface area (Å²) < 4.78 is 18.0. The van der Waals surface area contributed by atoms with Crippen LogP contribution in [0, 0.1) is 0 Å². The summed E-state index contributed by atoms with van der Waals surface area (Å²) in [5.74, 6) is 0.117. The second kappa shape index (κ2) is 11.8. The molecule has 4 aromatic rings. The maximum Gasteiger partial charge on any atom is 0.259 e. The predicted octanol–water partition coefficient (Wildman–Crippen LogP) is 3.60. The average molecular weight is 501 g/mol. The Kier molecular flexibility index (Phi) is 8.05. The molecule has 1 heterocycles. The van der Waals surface area contributed by atoms with Gasteiger partial charge in [0.25, 0.3) is 11.8 Å². The lowest BCUT2D eigenvalue weighted by atomic mass is 10.1. The number of nitrogens with one attached hydrogen (secondary N) is 2. The molecule has 0 aliphatic heterocycles. The number of amides is 2. The zero-order valence-electron chi connectivity index (χ0n) is 20.9. The van der Waals surface area contributed by atoms with Crippen molar-refractivity contribution in [1.82, 2.24) is 15.3 Å². The molecule has 0 radical (unpaired) electrons. The molecule has 0 aliphatic carbocycles. The van der Waals surface area contributed by atoms with Crippen molar-refractivity contribution in [2.24, 2.45) is 5.10 Å². The van der Waals surface area contributed by atoms with E-state index in [1.54, 1.807) is 6.21 Å². The fourth-order valence-corrected chi connectivity index (χ4v) is 3.98. The molecule has 190 valence electrons. The molecule has 9 nitrogen and oxygen atoms in total. The molecule has 0 saturated heterocycles. The maximum absolute atomic E-state index is 12.6. The first-order chi connectivity index (χ1) is 18.0. The van der Waals surface area contributed by atoms with Crippen LogP contribution < -0.4 is 25.0 Å². The van der Waals surface area contributed by atoms with Crippen LogP contribution in [0.15, 0.2) is 78.0 Å². The van der Waals surface area contributed by atoms with E-state index in [4.69, 9.17) is 14.2 Å². The molecule has 2 N–H and O–H groups in total. The van der Waals surface area contributed by atoms with Gasteiger partial charge in [0.05, 0.1) is 34.1 Å². The smallest absolute Gasteiger partial charge is 0.259 e.